The molecule has 0 radical (unpaired) electrons. The van der Waals surface area contributed by atoms with E-state index in [4.69, 9.17) is 14.2 Å². The van der Waals surface area contributed by atoms with Crippen molar-refractivity contribution in [2.75, 3.05) is 13.2 Å². The molecule has 0 saturated carbocycles. The number of esters is 3. The molecule has 1 atom stereocenters. The lowest BCUT2D eigenvalue weighted by Crippen LogP contribution is -2.30. The van der Waals surface area contributed by atoms with Crippen LogP contribution < -0.4 is 0 Å². The fourth-order valence-corrected chi connectivity index (χ4v) is 7.11. The van der Waals surface area contributed by atoms with Crippen LogP contribution in [-0.4, -0.2) is 37.2 Å². The quantitative estimate of drug-likeness (QED) is 0.0350. The maximum Gasteiger partial charge on any atom is 0.306 e. The SMILES string of the molecule is CCCCCCCCCCCCCC(=O)O[C@@H](COC(=O)CCCCCCCCCCCCCCCC(C)C)COC(=O)CCCCCCCCC(C)C. The first-order valence-corrected chi connectivity index (χ1v) is 23.7. The van der Waals surface area contributed by atoms with Gasteiger partial charge in [0.2, 0.25) is 0 Å². The van der Waals surface area contributed by atoms with E-state index in [9.17, 15) is 14.4 Å². The number of rotatable bonds is 42. The van der Waals surface area contributed by atoms with Gasteiger partial charge in [-0.3, -0.25) is 14.4 Å². The summed E-state index contributed by atoms with van der Waals surface area (Å²) < 4.78 is 16.7. The zero-order valence-electron chi connectivity index (χ0n) is 36.8. The predicted octanol–water partition coefficient (Wildman–Crippen LogP) is 15.0. The van der Waals surface area contributed by atoms with Crippen molar-refractivity contribution in [2.24, 2.45) is 11.8 Å². The average Bonchev–Trinajstić information content (AvgIpc) is 3.14. The molecule has 0 aliphatic carbocycles. The summed E-state index contributed by atoms with van der Waals surface area (Å²) in [6.45, 7) is 11.3. The van der Waals surface area contributed by atoms with Crippen LogP contribution in [0.3, 0.4) is 0 Å². The third-order valence-corrected chi connectivity index (χ3v) is 10.7. The van der Waals surface area contributed by atoms with Gasteiger partial charge in [-0.1, -0.05) is 221 Å². The zero-order chi connectivity index (χ0) is 39.7. The molecule has 0 amide bonds. The molecule has 6 heteroatoms. The van der Waals surface area contributed by atoms with Crippen molar-refractivity contribution < 1.29 is 28.6 Å². The second-order valence-electron chi connectivity index (χ2n) is 17.3. The lowest BCUT2D eigenvalue weighted by Gasteiger charge is -2.18. The van der Waals surface area contributed by atoms with Crippen LogP contribution in [0.5, 0.6) is 0 Å². The van der Waals surface area contributed by atoms with E-state index in [1.165, 1.54) is 148 Å². The van der Waals surface area contributed by atoms with Crippen LogP contribution >= 0.6 is 0 Å². The molecule has 0 bridgehead atoms. The summed E-state index contributed by atoms with van der Waals surface area (Å²) in [5, 5.41) is 0. The molecule has 0 heterocycles. The molecular formula is C48H92O6. The average molecular weight is 765 g/mol. The van der Waals surface area contributed by atoms with Crippen LogP contribution in [0.1, 0.15) is 259 Å². The van der Waals surface area contributed by atoms with Gasteiger partial charge in [0, 0.05) is 19.3 Å². The van der Waals surface area contributed by atoms with Crippen molar-refractivity contribution in [1.29, 1.82) is 0 Å². The Labute approximate surface area is 336 Å². The Balaban J connectivity index is 4.27. The van der Waals surface area contributed by atoms with Gasteiger partial charge in [0.25, 0.3) is 0 Å². The van der Waals surface area contributed by atoms with Gasteiger partial charge in [-0.05, 0) is 31.1 Å². The number of carbonyl (C=O) groups excluding carboxylic acids is 3. The summed E-state index contributed by atoms with van der Waals surface area (Å²) >= 11 is 0. The van der Waals surface area contributed by atoms with Crippen LogP contribution in [-0.2, 0) is 28.6 Å². The van der Waals surface area contributed by atoms with Crippen LogP contribution in [0.15, 0.2) is 0 Å². The Hall–Kier alpha value is -1.59. The fraction of sp³-hybridized carbons (Fsp3) is 0.938. The van der Waals surface area contributed by atoms with Gasteiger partial charge in [0.05, 0.1) is 0 Å². The minimum absolute atomic E-state index is 0.0650. The Morgan fingerprint density at radius 1 is 0.352 bits per heavy atom. The van der Waals surface area contributed by atoms with Crippen molar-refractivity contribution in [3.63, 3.8) is 0 Å². The van der Waals surface area contributed by atoms with E-state index in [0.29, 0.717) is 19.3 Å². The monoisotopic (exact) mass is 765 g/mol. The Morgan fingerprint density at radius 2 is 0.611 bits per heavy atom. The van der Waals surface area contributed by atoms with Gasteiger partial charge in [-0.25, -0.2) is 0 Å². The van der Waals surface area contributed by atoms with E-state index in [0.717, 1.165) is 69.6 Å². The highest BCUT2D eigenvalue weighted by Crippen LogP contribution is 2.17. The smallest absolute Gasteiger partial charge is 0.306 e. The molecule has 6 nitrogen and oxygen atoms in total. The van der Waals surface area contributed by atoms with Gasteiger partial charge in [0.1, 0.15) is 13.2 Å². The lowest BCUT2D eigenvalue weighted by atomic mass is 10.0. The van der Waals surface area contributed by atoms with Crippen LogP contribution in [0.2, 0.25) is 0 Å². The van der Waals surface area contributed by atoms with E-state index in [1.807, 2.05) is 0 Å². The molecule has 0 aliphatic heterocycles. The third kappa shape index (κ3) is 41.6. The van der Waals surface area contributed by atoms with Crippen LogP contribution in [0.4, 0.5) is 0 Å². The Morgan fingerprint density at radius 3 is 0.907 bits per heavy atom. The molecule has 54 heavy (non-hydrogen) atoms. The topological polar surface area (TPSA) is 78.9 Å². The van der Waals surface area contributed by atoms with Crippen molar-refractivity contribution >= 4 is 17.9 Å². The number of carbonyl (C=O) groups is 3. The highest BCUT2D eigenvalue weighted by Gasteiger charge is 2.19. The normalized spacial score (nSPS) is 12.1. The van der Waals surface area contributed by atoms with E-state index in [2.05, 4.69) is 34.6 Å². The highest BCUT2D eigenvalue weighted by atomic mass is 16.6. The van der Waals surface area contributed by atoms with Gasteiger partial charge in [-0.2, -0.15) is 0 Å². The first kappa shape index (κ1) is 52.4. The van der Waals surface area contributed by atoms with Gasteiger partial charge < -0.3 is 14.2 Å². The minimum Gasteiger partial charge on any atom is -0.462 e. The predicted molar refractivity (Wildman–Crippen MR) is 229 cm³/mol. The van der Waals surface area contributed by atoms with E-state index in [-0.39, 0.29) is 31.1 Å². The van der Waals surface area contributed by atoms with Crippen molar-refractivity contribution in [3.05, 3.63) is 0 Å². The number of hydrogen-bond donors (Lipinski definition) is 0. The molecule has 0 aromatic heterocycles. The molecule has 0 spiro atoms. The maximum atomic E-state index is 12.7. The molecule has 0 N–H and O–H groups in total. The van der Waals surface area contributed by atoms with Gasteiger partial charge in [0.15, 0.2) is 6.10 Å². The molecule has 0 unspecified atom stereocenters. The summed E-state index contributed by atoms with van der Waals surface area (Å²) in [5.41, 5.74) is 0. The molecular weight excluding hydrogens is 673 g/mol. The first-order chi connectivity index (χ1) is 26.2. The molecule has 0 rings (SSSR count). The summed E-state index contributed by atoms with van der Waals surface area (Å²) in [6, 6.07) is 0. The Kier molecular flexibility index (Phi) is 39.8. The van der Waals surface area contributed by atoms with Crippen LogP contribution in [0, 0.1) is 11.8 Å². The van der Waals surface area contributed by atoms with Crippen molar-refractivity contribution in [1.82, 2.24) is 0 Å². The summed E-state index contributed by atoms with van der Waals surface area (Å²) in [5.74, 6) is 0.744. The molecule has 0 saturated heterocycles. The first-order valence-electron chi connectivity index (χ1n) is 23.7. The van der Waals surface area contributed by atoms with Crippen molar-refractivity contribution in [3.8, 4) is 0 Å². The van der Waals surface area contributed by atoms with E-state index < -0.39 is 6.10 Å². The lowest BCUT2D eigenvalue weighted by molar-refractivity contribution is -0.167. The number of ether oxygens (including phenoxy) is 3. The van der Waals surface area contributed by atoms with E-state index in [1.54, 1.807) is 0 Å². The van der Waals surface area contributed by atoms with Gasteiger partial charge >= 0.3 is 17.9 Å². The Bertz CT molecular complexity index is 824. The van der Waals surface area contributed by atoms with Crippen molar-refractivity contribution in [2.45, 2.75) is 265 Å². The summed E-state index contributed by atoms with van der Waals surface area (Å²) in [7, 11) is 0. The molecule has 0 fully saturated rings. The van der Waals surface area contributed by atoms with E-state index >= 15 is 0 Å². The standard InChI is InChI=1S/C48H92O6/c1-6-7-8-9-10-11-15-20-23-30-35-40-48(51)54-45(42-53-47(50)39-34-29-25-24-27-32-37-44(4)5)41-52-46(49)38-33-28-22-19-17-14-12-13-16-18-21-26-31-36-43(2)3/h43-45H,6-42H2,1-5H3/t45-/m0/s1. The minimum atomic E-state index is -0.760. The molecule has 320 valence electrons. The molecule has 0 aromatic rings. The maximum absolute atomic E-state index is 12.7. The number of unbranched alkanes of at least 4 members (excludes halogenated alkanes) is 27. The fourth-order valence-electron chi connectivity index (χ4n) is 7.11. The summed E-state index contributed by atoms with van der Waals surface area (Å²) in [4.78, 5) is 37.7. The highest BCUT2D eigenvalue weighted by molar-refractivity contribution is 5.71. The van der Waals surface area contributed by atoms with Gasteiger partial charge in [-0.15, -0.1) is 0 Å². The third-order valence-electron chi connectivity index (χ3n) is 10.7. The van der Waals surface area contributed by atoms with Crippen LogP contribution in [0.25, 0.3) is 0 Å². The largest absolute Gasteiger partial charge is 0.462 e. The summed E-state index contributed by atoms with van der Waals surface area (Å²) in [6.07, 6.45) is 39.6. The second-order valence-corrected chi connectivity index (χ2v) is 17.3. The molecule has 0 aromatic carbocycles. The molecule has 0 aliphatic rings. The second kappa shape index (κ2) is 41.1. The zero-order valence-corrected chi connectivity index (χ0v) is 36.8. The number of hydrogen-bond acceptors (Lipinski definition) is 6.